The van der Waals surface area contributed by atoms with Crippen molar-refractivity contribution in [3.8, 4) is 0 Å². The van der Waals surface area contributed by atoms with E-state index in [9.17, 15) is 8.78 Å². The van der Waals surface area contributed by atoms with Crippen LogP contribution < -0.4 is 0 Å². The van der Waals surface area contributed by atoms with Gasteiger partial charge >= 0.3 is 0 Å². The Balaban J connectivity index is 2.05. The Hall–Kier alpha value is -1.85. The van der Waals surface area contributed by atoms with Gasteiger partial charge in [-0.2, -0.15) is 4.80 Å². The van der Waals surface area contributed by atoms with Gasteiger partial charge in [-0.1, -0.05) is 6.07 Å². The maximum absolute atomic E-state index is 13.2. The first-order chi connectivity index (χ1) is 7.25. The first kappa shape index (κ1) is 9.70. The molecule has 0 N–H and O–H groups in total. The highest BCUT2D eigenvalue weighted by Gasteiger charge is 2.04. The lowest BCUT2D eigenvalue weighted by molar-refractivity contribution is 0.507. The van der Waals surface area contributed by atoms with Gasteiger partial charge in [0, 0.05) is 6.07 Å². The average Bonchev–Trinajstić information content (AvgIpc) is 2.69. The summed E-state index contributed by atoms with van der Waals surface area (Å²) in [4.78, 5) is 1.35. The van der Waals surface area contributed by atoms with E-state index < -0.39 is 11.6 Å². The lowest BCUT2D eigenvalue weighted by Gasteiger charge is -2.01. The second kappa shape index (κ2) is 4.12. The molecular weight excluding hydrogens is 202 g/mol. The van der Waals surface area contributed by atoms with Crippen LogP contribution in [0.2, 0.25) is 0 Å². The van der Waals surface area contributed by atoms with Gasteiger partial charge in [0.1, 0.15) is 11.6 Å². The first-order valence-corrected chi connectivity index (χ1v) is 4.40. The van der Waals surface area contributed by atoms with Gasteiger partial charge < -0.3 is 0 Å². The van der Waals surface area contributed by atoms with E-state index in [1.54, 1.807) is 0 Å². The number of aryl methyl sites for hydroxylation is 2. The van der Waals surface area contributed by atoms with Gasteiger partial charge in [0.2, 0.25) is 0 Å². The minimum Gasteiger partial charge on any atom is -0.207 e. The third-order valence-electron chi connectivity index (χ3n) is 1.99. The van der Waals surface area contributed by atoms with E-state index in [0.29, 0.717) is 18.5 Å². The molecular formula is C9H8F2N4. The number of hydrogen-bond acceptors (Lipinski definition) is 3. The lowest BCUT2D eigenvalue weighted by Crippen LogP contribution is -2.06. The molecule has 0 aliphatic rings. The molecule has 0 radical (unpaired) electrons. The highest BCUT2D eigenvalue weighted by Crippen LogP contribution is 2.10. The van der Waals surface area contributed by atoms with E-state index in [2.05, 4.69) is 15.4 Å². The molecule has 0 aliphatic carbocycles. The predicted molar refractivity (Wildman–Crippen MR) is 47.9 cm³/mol. The molecule has 0 amide bonds. The zero-order valence-corrected chi connectivity index (χ0v) is 7.77. The Morgan fingerprint density at radius 3 is 2.80 bits per heavy atom. The first-order valence-electron chi connectivity index (χ1n) is 4.40. The van der Waals surface area contributed by atoms with Crippen LogP contribution in [-0.4, -0.2) is 20.2 Å². The fraction of sp³-hybridized carbons (Fsp3) is 0.222. The predicted octanol–water partition coefficient (Wildman–Crippen LogP) is 1.19. The van der Waals surface area contributed by atoms with E-state index in [-0.39, 0.29) is 0 Å². The lowest BCUT2D eigenvalue weighted by atomic mass is 10.1. The molecule has 0 spiro atoms. The van der Waals surface area contributed by atoms with Crippen molar-refractivity contribution >= 4 is 0 Å². The van der Waals surface area contributed by atoms with Crippen molar-refractivity contribution in [1.29, 1.82) is 0 Å². The normalized spacial score (nSPS) is 10.5. The molecule has 0 unspecified atom stereocenters. The summed E-state index contributed by atoms with van der Waals surface area (Å²) >= 11 is 0. The van der Waals surface area contributed by atoms with Gasteiger partial charge in [0.05, 0.1) is 6.54 Å². The third kappa shape index (κ3) is 2.34. The standard InChI is InChI=1S/C9H8F2N4/c10-8-2-1-7(9(11)5-8)3-4-15-13-6-12-14-15/h1-2,5-6H,3-4H2. The molecule has 1 aromatic carbocycles. The van der Waals surface area contributed by atoms with Crippen molar-refractivity contribution in [2.24, 2.45) is 0 Å². The monoisotopic (exact) mass is 210 g/mol. The number of hydrogen-bond donors (Lipinski definition) is 0. The number of rotatable bonds is 3. The van der Waals surface area contributed by atoms with E-state index in [0.717, 1.165) is 6.07 Å². The Morgan fingerprint density at radius 2 is 2.13 bits per heavy atom. The Morgan fingerprint density at radius 1 is 1.27 bits per heavy atom. The fourth-order valence-electron chi connectivity index (χ4n) is 1.24. The SMILES string of the molecule is Fc1ccc(CCn2ncnn2)c(F)c1. The molecule has 6 heteroatoms. The zero-order chi connectivity index (χ0) is 10.7. The summed E-state index contributed by atoms with van der Waals surface area (Å²) in [6, 6.07) is 3.51. The van der Waals surface area contributed by atoms with Crippen molar-refractivity contribution in [2.75, 3.05) is 0 Å². The molecule has 0 saturated carbocycles. The molecule has 0 atom stereocenters. The van der Waals surface area contributed by atoms with Crippen molar-refractivity contribution in [2.45, 2.75) is 13.0 Å². The highest BCUT2D eigenvalue weighted by molar-refractivity contribution is 5.18. The molecule has 2 aromatic rings. The summed E-state index contributed by atoms with van der Waals surface area (Å²) < 4.78 is 25.8. The Bertz CT molecular complexity index is 441. The molecule has 1 heterocycles. The van der Waals surface area contributed by atoms with Crippen LogP contribution in [0.4, 0.5) is 8.78 Å². The topological polar surface area (TPSA) is 43.6 Å². The summed E-state index contributed by atoms with van der Waals surface area (Å²) in [6.07, 6.45) is 1.71. The van der Waals surface area contributed by atoms with Crippen LogP contribution >= 0.6 is 0 Å². The minimum absolute atomic E-state index is 0.405. The van der Waals surface area contributed by atoms with E-state index in [4.69, 9.17) is 0 Å². The van der Waals surface area contributed by atoms with E-state index in [1.807, 2.05) is 0 Å². The molecule has 4 nitrogen and oxygen atoms in total. The average molecular weight is 210 g/mol. The molecule has 78 valence electrons. The second-order valence-corrected chi connectivity index (χ2v) is 3.02. The van der Waals surface area contributed by atoms with E-state index >= 15 is 0 Å². The summed E-state index contributed by atoms with van der Waals surface area (Å²) in [5.74, 6) is -1.12. The van der Waals surface area contributed by atoms with Crippen LogP contribution in [0.25, 0.3) is 0 Å². The summed E-state index contributed by atoms with van der Waals surface area (Å²) in [5, 5.41) is 10.9. The van der Waals surface area contributed by atoms with Crippen molar-refractivity contribution in [1.82, 2.24) is 20.2 Å². The number of benzene rings is 1. The van der Waals surface area contributed by atoms with Crippen LogP contribution in [0.5, 0.6) is 0 Å². The van der Waals surface area contributed by atoms with Crippen molar-refractivity contribution in [3.63, 3.8) is 0 Å². The number of halogens is 2. The number of aromatic nitrogens is 4. The zero-order valence-electron chi connectivity index (χ0n) is 7.77. The molecule has 0 fully saturated rings. The fourth-order valence-corrected chi connectivity index (χ4v) is 1.24. The second-order valence-electron chi connectivity index (χ2n) is 3.02. The molecule has 15 heavy (non-hydrogen) atoms. The van der Waals surface area contributed by atoms with Crippen LogP contribution in [-0.2, 0) is 13.0 Å². The van der Waals surface area contributed by atoms with Gasteiger partial charge in [0.15, 0.2) is 6.33 Å². The van der Waals surface area contributed by atoms with Gasteiger partial charge in [0.25, 0.3) is 0 Å². The summed E-state index contributed by atoms with van der Waals surface area (Å²) in [6.45, 7) is 0.419. The Kier molecular flexibility index (Phi) is 2.66. The maximum atomic E-state index is 13.2. The third-order valence-corrected chi connectivity index (χ3v) is 1.99. The maximum Gasteiger partial charge on any atom is 0.162 e. The van der Waals surface area contributed by atoms with Gasteiger partial charge in [-0.3, -0.25) is 0 Å². The van der Waals surface area contributed by atoms with Crippen LogP contribution in [0, 0.1) is 11.6 Å². The minimum atomic E-state index is -0.574. The van der Waals surface area contributed by atoms with Gasteiger partial charge in [-0.25, -0.2) is 8.78 Å². The van der Waals surface area contributed by atoms with Crippen LogP contribution in [0.15, 0.2) is 24.5 Å². The van der Waals surface area contributed by atoms with Crippen molar-refractivity contribution < 1.29 is 8.78 Å². The van der Waals surface area contributed by atoms with Gasteiger partial charge in [-0.05, 0) is 23.3 Å². The molecule has 0 bridgehead atoms. The van der Waals surface area contributed by atoms with E-state index in [1.165, 1.54) is 23.3 Å². The highest BCUT2D eigenvalue weighted by atomic mass is 19.1. The number of nitrogens with zero attached hydrogens (tertiary/aromatic N) is 4. The van der Waals surface area contributed by atoms with Crippen LogP contribution in [0.3, 0.4) is 0 Å². The largest absolute Gasteiger partial charge is 0.207 e. The molecule has 0 aliphatic heterocycles. The molecule has 1 aromatic heterocycles. The smallest absolute Gasteiger partial charge is 0.162 e. The summed E-state index contributed by atoms with van der Waals surface area (Å²) in [7, 11) is 0. The Labute approximate surface area is 84.5 Å². The van der Waals surface area contributed by atoms with Crippen LogP contribution in [0.1, 0.15) is 5.56 Å². The number of tetrazole rings is 1. The molecule has 2 rings (SSSR count). The quantitative estimate of drug-likeness (QED) is 0.764. The van der Waals surface area contributed by atoms with Crippen molar-refractivity contribution in [3.05, 3.63) is 41.7 Å². The summed E-state index contributed by atoms with van der Waals surface area (Å²) in [5.41, 5.74) is 0.439. The van der Waals surface area contributed by atoms with Gasteiger partial charge in [-0.15, -0.1) is 10.2 Å². The molecule has 0 saturated heterocycles.